The van der Waals surface area contributed by atoms with Crippen LogP contribution in [0.15, 0.2) is 59.7 Å². The van der Waals surface area contributed by atoms with E-state index in [0.29, 0.717) is 4.73 Å². The van der Waals surface area contributed by atoms with Crippen LogP contribution >= 0.6 is 11.6 Å². The zero-order valence-corrected chi connectivity index (χ0v) is 16.4. The summed E-state index contributed by atoms with van der Waals surface area (Å²) in [6.45, 7) is 1.44. The van der Waals surface area contributed by atoms with Gasteiger partial charge in [0.15, 0.2) is 0 Å². The van der Waals surface area contributed by atoms with E-state index in [0.717, 1.165) is 18.3 Å². The molecule has 0 saturated carbocycles. The number of pyridine rings is 1. The van der Waals surface area contributed by atoms with Crippen LogP contribution in [0.5, 0.6) is 17.2 Å². The number of carbonyl (C=O) groups is 1. The van der Waals surface area contributed by atoms with E-state index < -0.39 is 29.4 Å². The van der Waals surface area contributed by atoms with E-state index in [9.17, 15) is 27.6 Å². The number of benzene rings is 2. The first-order chi connectivity index (χ1) is 14.5. The van der Waals surface area contributed by atoms with Crippen molar-refractivity contribution in [2.24, 2.45) is 4.99 Å². The second-order valence-corrected chi connectivity index (χ2v) is 6.55. The van der Waals surface area contributed by atoms with Gasteiger partial charge in [-0.25, -0.2) is 9.38 Å². The van der Waals surface area contributed by atoms with E-state index in [2.05, 4.69) is 9.73 Å². The lowest BCUT2D eigenvalue weighted by Crippen LogP contribution is -2.16. The van der Waals surface area contributed by atoms with E-state index in [4.69, 9.17) is 16.3 Å². The molecule has 11 heteroatoms. The molecular formula is C20H13ClF4N2O4. The summed E-state index contributed by atoms with van der Waals surface area (Å²) in [7, 11) is 0. The average Bonchev–Trinajstić information content (AvgIpc) is 2.68. The van der Waals surface area contributed by atoms with Gasteiger partial charge in [0.25, 0.3) is 5.91 Å². The van der Waals surface area contributed by atoms with Crippen LogP contribution in [0.1, 0.15) is 15.9 Å². The summed E-state index contributed by atoms with van der Waals surface area (Å²) in [5, 5.41) is 9.30. The first-order valence-electron chi connectivity index (χ1n) is 8.53. The molecule has 6 nitrogen and oxygen atoms in total. The molecule has 3 aromatic rings. The molecule has 1 amide bonds. The predicted molar refractivity (Wildman–Crippen MR) is 101 cm³/mol. The number of hydrogen-bond donors (Lipinski definition) is 1. The second kappa shape index (κ2) is 8.68. The Morgan fingerprint density at radius 2 is 1.74 bits per heavy atom. The highest BCUT2D eigenvalue weighted by molar-refractivity contribution is 6.29. The molecule has 0 radical (unpaired) electrons. The van der Waals surface area contributed by atoms with Crippen molar-refractivity contribution in [1.82, 2.24) is 4.73 Å². The molecular weight excluding hydrogens is 444 g/mol. The van der Waals surface area contributed by atoms with Crippen LogP contribution in [0.2, 0.25) is 5.15 Å². The largest absolute Gasteiger partial charge is 0.573 e. The van der Waals surface area contributed by atoms with Crippen molar-refractivity contribution in [1.29, 1.82) is 0 Å². The number of alkyl halides is 3. The summed E-state index contributed by atoms with van der Waals surface area (Å²) in [4.78, 5) is 16.4. The van der Waals surface area contributed by atoms with Crippen LogP contribution < -0.4 is 14.8 Å². The highest BCUT2D eigenvalue weighted by Crippen LogP contribution is 2.31. The molecule has 0 aliphatic carbocycles. The van der Waals surface area contributed by atoms with Crippen molar-refractivity contribution in [2.45, 2.75) is 13.3 Å². The van der Waals surface area contributed by atoms with E-state index in [-0.39, 0.29) is 27.6 Å². The van der Waals surface area contributed by atoms with Gasteiger partial charge in [0.05, 0.1) is 5.36 Å². The van der Waals surface area contributed by atoms with Crippen LogP contribution in [0.25, 0.3) is 0 Å². The number of hydrogen-bond acceptors (Lipinski definition) is 4. The number of amides is 1. The maximum Gasteiger partial charge on any atom is 0.573 e. The first-order valence-corrected chi connectivity index (χ1v) is 8.90. The van der Waals surface area contributed by atoms with Crippen molar-refractivity contribution < 1.29 is 37.0 Å². The molecule has 0 bridgehead atoms. The summed E-state index contributed by atoms with van der Waals surface area (Å²) in [5.74, 6) is -2.48. The standard InChI is InChI=1S/C20H13ClF4N2O4/c1-11-2-7-15(30-13-3-5-14(6-4-13)31-20(23,24)25)17(18(11)22)19(28)26-12-8-9-27(29)16(21)10-12/h2-10,29H,1H3. The Kier molecular flexibility index (Phi) is 6.21. The minimum absolute atomic E-state index is 0.0379. The quantitative estimate of drug-likeness (QED) is 0.330. The van der Waals surface area contributed by atoms with Crippen LogP contribution in [-0.4, -0.2) is 22.2 Å². The Hall–Kier alpha value is -3.53. The SMILES string of the molecule is Cc1ccc(Oc2ccc(OC(F)(F)F)cc2)c(C(=O)N=c2ccn(O)c(Cl)c2)c1F. The summed E-state index contributed by atoms with van der Waals surface area (Å²) >= 11 is 5.75. The third-order valence-corrected chi connectivity index (χ3v) is 4.18. The third kappa shape index (κ3) is 5.54. The van der Waals surface area contributed by atoms with Crippen LogP contribution in [-0.2, 0) is 0 Å². The monoisotopic (exact) mass is 456 g/mol. The molecule has 2 aromatic carbocycles. The molecule has 1 heterocycles. The van der Waals surface area contributed by atoms with Crippen molar-refractivity contribution in [3.8, 4) is 17.2 Å². The molecule has 1 aromatic heterocycles. The van der Waals surface area contributed by atoms with Gasteiger partial charge >= 0.3 is 6.36 Å². The lowest BCUT2D eigenvalue weighted by atomic mass is 10.1. The molecule has 0 spiro atoms. The van der Waals surface area contributed by atoms with Gasteiger partial charge in [0.1, 0.15) is 33.8 Å². The molecule has 1 N–H and O–H groups in total. The van der Waals surface area contributed by atoms with Gasteiger partial charge in [-0.2, -0.15) is 4.73 Å². The summed E-state index contributed by atoms with van der Waals surface area (Å²) in [6.07, 6.45) is -3.71. The van der Waals surface area contributed by atoms with Crippen LogP contribution in [0, 0.1) is 12.7 Å². The number of nitrogens with zero attached hydrogens (tertiary/aromatic N) is 2. The van der Waals surface area contributed by atoms with Crippen molar-refractivity contribution in [3.63, 3.8) is 0 Å². The number of ether oxygens (including phenoxy) is 2. The number of aryl methyl sites for hydroxylation is 1. The van der Waals surface area contributed by atoms with E-state index in [1.54, 1.807) is 0 Å². The maximum absolute atomic E-state index is 14.7. The number of rotatable bonds is 4. The fraction of sp³-hybridized carbons (Fsp3) is 0.100. The van der Waals surface area contributed by atoms with Crippen LogP contribution in [0.3, 0.4) is 0 Å². The molecule has 3 rings (SSSR count). The second-order valence-electron chi connectivity index (χ2n) is 6.16. The Balaban J connectivity index is 1.94. The number of carbonyl (C=O) groups excluding carboxylic acids is 1. The summed E-state index contributed by atoms with van der Waals surface area (Å²) in [6, 6.07) is 9.52. The van der Waals surface area contributed by atoms with Gasteiger partial charge in [-0.1, -0.05) is 17.7 Å². The minimum Gasteiger partial charge on any atom is -0.456 e. The third-order valence-electron chi connectivity index (χ3n) is 3.90. The summed E-state index contributed by atoms with van der Waals surface area (Å²) in [5.41, 5.74) is -0.327. The minimum atomic E-state index is -4.85. The molecule has 0 atom stereocenters. The van der Waals surface area contributed by atoms with Crippen molar-refractivity contribution in [3.05, 3.63) is 82.2 Å². The van der Waals surface area contributed by atoms with E-state index in [1.807, 2.05) is 0 Å². The van der Waals surface area contributed by atoms with Gasteiger partial charge in [0, 0.05) is 12.3 Å². The lowest BCUT2D eigenvalue weighted by Gasteiger charge is -2.13. The van der Waals surface area contributed by atoms with Gasteiger partial charge in [-0.15, -0.1) is 13.2 Å². The van der Waals surface area contributed by atoms with Gasteiger partial charge in [-0.3, -0.25) is 4.79 Å². The van der Waals surface area contributed by atoms with Gasteiger partial charge < -0.3 is 14.7 Å². The smallest absolute Gasteiger partial charge is 0.456 e. The lowest BCUT2D eigenvalue weighted by molar-refractivity contribution is -0.274. The highest BCUT2D eigenvalue weighted by Gasteiger charge is 2.31. The average molecular weight is 457 g/mol. The molecule has 0 saturated heterocycles. The molecule has 0 fully saturated rings. The normalized spacial score (nSPS) is 12.0. The molecule has 0 aliphatic rings. The Bertz CT molecular complexity index is 1190. The van der Waals surface area contributed by atoms with E-state index >= 15 is 0 Å². The fourth-order valence-corrected chi connectivity index (χ4v) is 2.65. The molecule has 0 unspecified atom stereocenters. The zero-order valence-electron chi connectivity index (χ0n) is 15.7. The maximum atomic E-state index is 14.7. The zero-order chi connectivity index (χ0) is 22.8. The van der Waals surface area contributed by atoms with Crippen LogP contribution in [0.4, 0.5) is 17.6 Å². The highest BCUT2D eigenvalue weighted by atomic mass is 35.5. The molecule has 162 valence electrons. The Labute approximate surface area is 177 Å². The number of halogens is 5. The first kappa shape index (κ1) is 22.2. The number of aromatic nitrogens is 1. The Morgan fingerprint density at radius 3 is 2.35 bits per heavy atom. The molecule has 31 heavy (non-hydrogen) atoms. The summed E-state index contributed by atoms with van der Waals surface area (Å²) < 4.78 is 61.4. The fourth-order valence-electron chi connectivity index (χ4n) is 2.48. The molecule has 0 aliphatic heterocycles. The van der Waals surface area contributed by atoms with E-state index in [1.165, 1.54) is 43.3 Å². The van der Waals surface area contributed by atoms with Crippen molar-refractivity contribution in [2.75, 3.05) is 0 Å². The van der Waals surface area contributed by atoms with Gasteiger partial charge in [0.2, 0.25) is 0 Å². The topological polar surface area (TPSA) is 73.0 Å². The predicted octanol–water partition coefficient (Wildman–Crippen LogP) is 5.26. The van der Waals surface area contributed by atoms with Gasteiger partial charge in [-0.05, 0) is 48.9 Å². The van der Waals surface area contributed by atoms with Crippen molar-refractivity contribution >= 4 is 17.5 Å². The Morgan fingerprint density at radius 1 is 1.10 bits per heavy atom.